The lowest BCUT2D eigenvalue weighted by molar-refractivity contribution is -0.119. The molecule has 0 aromatic heterocycles. The van der Waals surface area contributed by atoms with Crippen LogP contribution in [0.25, 0.3) is 0 Å². The van der Waals surface area contributed by atoms with E-state index in [9.17, 15) is 13.2 Å². The number of carbonyl (C=O) groups is 1. The second-order valence-electron chi connectivity index (χ2n) is 8.62. The minimum absolute atomic E-state index is 0.179. The molecule has 3 rings (SSSR count). The highest BCUT2D eigenvalue weighted by molar-refractivity contribution is 7.92. The molecule has 0 bridgehead atoms. The van der Waals surface area contributed by atoms with Crippen molar-refractivity contribution in [1.82, 2.24) is 10.2 Å². The predicted molar refractivity (Wildman–Crippen MR) is 129 cm³/mol. The van der Waals surface area contributed by atoms with Gasteiger partial charge < -0.3 is 10.2 Å². The van der Waals surface area contributed by atoms with Crippen LogP contribution in [0, 0.1) is 13.8 Å². The molecule has 0 spiro atoms. The summed E-state index contributed by atoms with van der Waals surface area (Å²) in [6, 6.07) is 13.9. The topological polar surface area (TPSA) is 69.7 Å². The number of hydrogen-bond acceptors (Lipinski definition) is 4. The molecular formula is C25H35N3O3S. The Morgan fingerprint density at radius 3 is 2.31 bits per heavy atom. The molecule has 0 radical (unpaired) electrons. The average Bonchev–Trinajstić information content (AvgIpc) is 3.04. The van der Waals surface area contributed by atoms with Crippen LogP contribution in [0.4, 0.5) is 5.69 Å². The first-order chi connectivity index (χ1) is 15.4. The van der Waals surface area contributed by atoms with E-state index in [4.69, 9.17) is 0 Å². The third-order valence-electron chi connectivity index (χ3n) is 5.86. The number of sulfonamides is 1. The van der Waals surface area contributed by atoms with E-state index in [1.54, 1.807) is 42.5 Å². The van der Waals surface area contributed by atoms with Crippen molar-refractivity contribution in [3.8, 4) is 0 Å². The minimum atomic E-state index is -3.87. The second-order valence-corrected chi connectivity index (χ2v) is 10.5. The maximum absolute atomic E-state index is 13.4. The molecule has 1 saturated heterocycles. The number of nitrogens with one attached hydrogen (secondary N) is 1. The maximum Gasteiger partial charge on any atom is 0.264 e. The Morgan fingerprint density at radius 2 is 1.66 bits per heavy atom. The van der Waals surface area contributed by atoms with Crippen molar-refractivity contribution in [2.75, 3.05) is 37.0 Å². The molecule has 174 valence electrons. The van der Waals surface area contributed by atoms with E-state index in [1.165, 1.54) is 30.0 Å². The van der Waals surface area contributed by atoms with Crippen LogP contribution in [0.1, 0.15) is 43.2 Å². The van der Waals surface area contributed by atoms with Crippen LogP contribution in [0.5, 0.6) is 0 Å². The van der Waals surface area contributed by atoms with Gasteiger partial charge in [-0.25, -0.2) is 8.42 Å². The van der Waals surface area contributed by atoms with Gasteiger partial charge in [0.15, 0.2) is 0 Å². The number of aryl methyl sites for hydroxylation is 2. The second kappa shape index (κ2) is 11.5. The lowest BCUT2D eigenvalue weighted by Crippen LogP contribution is -2.41. The molecule has 0 aliphatic carbocycles. The van der Waals surface area contributed by atoms with E-state index in [0.29, 0.717) is 12.2 Å². The first kappa shape index (κ1) is 24.3. The van der Waals surface area contributed by atoms with Crippen LogP contribution in [0.2, 0.25) is 0 Å². The number of anilines is 1. The Hall–Kier alpha value is -2.38. The Morgan fingerprint density at radius 1 is 0.969 bits per heavy atom. The van der Waals surface area contributed by atoms with E-state index in [1.807, 2.05) is 19.9 Å². The van der Waals surface area contributed by atoms with Crippen molar-refractivity contribution in [2.24, 2.45) is 0 Å². The lowest BCUT2D eigenvalue weighted by Gasteiger charge is -2.25. The number of benzene rings is 2. The molecule has 1 aliphatic heterocycles. The predicted octanol–water partition coefficient (Wildman–Crippen LogP) is 3.88. The van der Waals surface area contributed by atoms with Gasteiger partial charge in [0.2, 0.25) is 5.91 Å². The van der Waals surface area contributed by atoms with Crippen LogP contribution in [0.3, 0.4) is 0 Å². The zero-order valence-corrected chi connectivity index (χ0v) is 20.0. The van der Waals surface area contributed by atoms with Gasteiger partial charge in [0.05, 0.1) is 10.6 Å². The van der Waals surface area contributed by atoms with Crippen LogP contribution in [0.15, 0.2) is 53.4 Å². The van der Waals surface area contributed by atoms with Crippen molar-refractivity contribution in [1.29, 1.82) is 0 Å². The van der Waals surface area contributed by atoms with E-state index >= 15 is 0 Å². The molecular weight excluding hydrogens is 422 g/mol. The summed E-state index contributed by atoms with van der Waals surface area (Å²) in [5.74, 6) is -0.293. The first-order valence-electron chi connectivity index (χ1n) is 11.5. The summed E-state index contributed by atoms with van der Waals surface area (Å²) in [4.78, 5) is 15.4. The van der Waals surface area contributed by atoms with Crippen molar-refractivity contribution in [2.45, 2.75) is 50.8 Å². The smallest absolute Gasteiger partial charge is 0.264 e. The number of likely N-dealkylation sites (tertiary alicyclic amines) is 1. The fourth-order valence-electron chi connectivity index (χ4n) is 4.01. The van der Waals surface area contributed by atoms with Crippen LogP contribution in [-0.2, 0) is 14.8 Å². The van der Waals surface area contributed by atoms with Gasteiger partial charge in [-0.2, -0.15) is 0 Å². The van der Waals surface area contributed by atoms with E-state index in [2.05, 4.69) is 10.2 Å². The zero-order chi connectivity index (χ0) is 23.0. The Labute approximate surface area is 192 Å². The molecule has 0 unspecified atom stereocenters. The number of carbonyl (C=O) groups excluding carboxylic acids is 1. The van der Waals surface area contributed by atoms with Gasteiger partial charge in [0, 0.05) is 6.54 Å². The highest BCUT2D eigenvalue weighted by Gasteiger charge is 2.27. The van der Waals surface area contributed by atoms with Gasteiger partial charge in [-0.05, 0) is 82.6 Å². The Kier molecular flexibility index (Phi) is 8.70. The fraction of sp³-hybridized carbons (Fsp3) is 0.480. The quantitative estimate of drug-likeness (QED) is 0.580. The average molecular weight is 458 g/mol. The van der Waals surface area contributed by atoms with Crippen LogP contribution in [-0.4, -0.2) is 51.9 Å². The molecule has 1 aliphatic rings. The summed E-state index contributed by atoms with van der Waals surface area (Å²) in [5.41, 5.74) is 2.41. The molecule has 6 nitrogen and oxygen atoms in total. The molecule has 2 aromatic rings. The largest absolute Gasteiger partial charge is 0.354 e. The third kappa shape index (κ3) is 6.81. The molecule has 0 saturated carbocycles. The highest BCUT2D eigenvalue weighted by Crippen LogP contribution is 2.24. The summed E-state index contributed by atoms with van der Waals surface area (Å²) in [6.45, 7) is 7.33. The Bertz CT molecular complexity index is 982. The number of nitrogens with zero attached hydrogens (tertiary/aromatic N) is 2. The summed E-state index contributed by atoms with van der Waals surface area (Å²) in [7, 11) is -3.87. The maximum atomic E-state index is 13.4. The molecule has 1 N–H and O–H groups in total. The zero-order valence-electron chi connectivity index (χ0n) is 19.2. The molecule has 0 atom stereocenters. The summed E-state index contributed by atoms with van der Waals surface area (Å²) >= 11 is 0. The lowest BCUT2D eigenvalue weighted by atomic mass is 10.2. The van der Waals surface area contributed by atoms with Crippen LogP contribution >= 0.6 is 0 Å². The molecule has 1 fully saturated rings. The van der Waals surface area contributed by atoms with Gasteiger partial charge in [-0.3, -0.25) is 9.10 Å². The third-order valence-corrected chi connectivity index (χ3v) is 7.65. The number of amides is 1. The number of hydrogen-bond donors (Lipinski definition) is 1. The van der Waals surface area contributed by atoms with Gasteiger partial charge in [0.1, 0.15) is 6.54 Å². The molecule has 2 aromatic carbocycles. The number of rotatable bonds is 9. The molecule has 1 amide bonds. The monoisotopic (exact) mass is 457 g/mol. The van der Waals surface area contributed by atoms with Crippen molar-refractivity contribution < 1.29 is 13.2 Å². The highest BCUT2D eigenvalue weighted by atomic mass is 32.2. The van der Waals surface area contributed by atoms with Crippen LogP contribution < -0.4 is 9.62 Å². The van der Waals surface area contributed by atoms with E-state index in [-0.39, 0.29) is 17.3 Å². The van der Waals surface area contributed by atoms with E-state index in [0.717, 1.165) is 37.2 Å². The summed E-state index contributed by atoms with van der Waals surface area (Å²) in [5, 5.41) is 2.91. The van der Waals surface area contributed by atoms with Crippen molar-refractivity contribution in [3.05, 3.63) is 59.7 Å². The standard InChI is InChI=1S/C25H35N3O3S/c1-21-11-13-24(14-12-21)32(30,31)28(23-10-7-9-22(2)19-23)20-25(29)26-15-8-18-27-16-5-3-4-6-17-27/h7,9-14,19H,3-6,8,15-18,20H2,1-2H3,(H,26,29). The fourth-order valence-corrected chi connectivity index (χ4v) is 5.43. The van der Waals surface area contributed by atoms with Gasteiger partial charge in [-0.1, -0.05) is 42.7 Å². The summed E-state index contributed by atoms with van der Waals surface area (Å²) < 4.78 is 28.0. The minimum Gasteiger partial charge on any atom is -0.354 e. The molecule has 1 heterocycles. The molecule has 32 heavy (non-hydrogen) atoms. The summed E-state index contributed by atoms with van der Waals surface area (Å²) in [6.07, 6.45) is 5.96. The van der Waals surface area contributed by atoms with Gasteiger partial charge in [-0.15, -0.1) is 0 Å². The SMILES string of the molecule is Cc1ccc(S(=O)(=O)N(CC(=O)NCCCN2CCCCCC2)c2cccc(C)c2)cc1. The van der Waals surface area contributed by atoms with E-state index < -0.39 is 10.0 Å². The Balaban J connectivity index is 1.66. The first-order valence-corrected chi connectivity index (χ1v) is 13.0. The van der Waals surface area contributed by atoms with Gasteiger partial charge >= 0.3 is 0 Å². The van der Waals surface area contributed by atoms with Gasteiger partial charge in [0.25, 0.3) is 10.0 Å². The normalized spacial score (nSPS) is 15.2. The molecule has 7 heteroatoms. The van der Waals surface area contributed by atoms with Crippen molar-refractivity contribution in [3.63, 3.8) is 0 Å². The van der Waals surface area contributed by atoms with Crippen molar-refractivity contribution >= 4 is 21.6 Å².